The van der Waals surface area contributed by atoms with Crippen LogP contribution < -0.4 is 11.1 Å². The van der Waals surface area contributed by atoms with Crippen LogP contribution in [-0.2, 0) is 6.42 Å². The second kappa shape index (κ2) is 5.87. The van der Waals surface area contributed by atoms with Crippen molar-refractivity contribution in [3.05, 3.63) is 47.2 Å². The van der Waals surface area contributed by atoms with Gasteiger partial charge in [0.15, 0.2) is 0 Å². The lowest BCUT2D eigenvalue weighted by Gasteiger charge is -2.21. The number of nitrogens with two attached hydrogens (primary N) is 1. The highest BCUT2D eigenvalue weighted by Gasteiger charge is 2.11. The number of allylic oxidation sites excluding steroid dienone is 1. The van der Waals surface area contributed by atoms with Gasteiger partial charge in [-0.15, -0.1) is 0 Å². The minimum atomic E-state index is 0.617. The number of hydrogen-bond donors (Lipinski definition) is 2. The standard InChI is InChI=1S/C15H22N2/c1-12-4-2-3-5-13(12)10-11-17-15-8-6-14(16)7-9-15/h2-6,15,17H,7-11,16H2,1H3. The Labute approximate surface area is 104 Å². The van der Waals surface area contributed by atoms with E-state index >= 15 is 0 Å². The lowest BCUT2D eigenvalue weighted by molar-refractivity contribution is 0.469. The van der Waals surface area contributed by atoms with Gasteiger partial charge in [-0.1, -0.05) is 30.3 Å². The molecule has 0 bridgehead atoms. The third-order valence-electron chi connectivity index (χ3n) is 3.53. The molecule has 2 nitrogen and oxygen atoms in total. The van der Waals surface area contributed by atoms with Gasteiger partial charge in [0, 0.05) is 11.7 Å². The molecule has 0 saturated heterocycles. The molecule has 1 aliphatic carbocycles. The van der Waals surface area contributed by atoms with E-state index in [0.717, 1.165) is 31.5 Å². The van der Waals surface area contributed by atoms with E-state index in [1.807, 2.05) is 0 Å². The average molecular weight is 230 g/mol. The van der Waals surface area contributed by atoms with Crippen molar-refractivity contribution in [2.45, 2.75) is 38.6 Å². The topological polar surface area (TPSA) is 38.0 Å². The van der Waals surface area contributed by atoms with E-state index in [1.165, 1.54) is 17.5 Å². The van der Waals surface area contributed by atoms with Gasteiger partial charge >= 0.3 is 0 Å². The van der Waals surface area contributed by atoms with Crippen LogP contribution in [0.2, 0.25) is 0 Å². The van der Waals surface area contributed by atoms with Crippen molar-refractivity contribution in [3.8, 4) is 0 Å². The van der Waals surface area contributed by atoms with Gasteiger partial charge in [-0.05, 0) is 50.3 Å². The largest absolute Gasteiger partial charge is 0.402 e. The summed E-state index contributed by atoms with van der Waals surface area (Å²) in [6.45, 7) is 3.24. The summed E-state index contributed by atoms with van der Waals surface area (Å²) in [5.41, 5.74) is 9.67. The van der Waals surface area contributed by atoms with Gasteiger partial charge in [0.05, 0.1) is 0 Å². The molecular formula is C15H22N2. The molecule has 1 unspecified atom stereocenters. The van der Waals surface area contributed by atoms with E-state index < -0.39 is 0 Å². The van der Waals surface area contributed by atoms with E-state index in [0.29, 0.717) is 6.04 Å². The Hall–Kier alpha value is -1.28. The van der Waals surface area contributed by atoms with Crippen LogP contribution in [0.3, 0.4) is 0 Å². The van der Waals surface area contributed by atoms with Crippen molar-refractivity contribution in [1.82, 2.24) is 5.32 Å². The van der Waals surface area contributed by atoms with Gasteiger partial charge < -0.3 is 11.1 Å². The summed E-state index contributed by atoms with van der Waals surface area (Å²) in [6.07, 6.45) is 6.58. The molecule has 3 N–H and O–H groups in total. The third-order valence-corrected chi connectivity index (χ3v) is 3.53. The first-order valence-electron chi connectivity index (χ1n) is 6.48. The van der Waals surface area contributed by atoms with Crippen LogP contribution in [0.1, 0.15) is 30.4 Å². The van der Waals surface area contributed by atoms with Crippen molar-refractivity contribution in [2.24, 2.45) is 5.73 Å². The zero-order valence-electron chi connectivity index (χ0n) is 10.6. The average Bonchev–Trinajstić information content (AvgIpc) is 2.34. The zero-order valence-corrected chi connectivity index (χ0v) is 10.6. The highest BCUT2D eigenvalue weighted by molar-refractivity contribution is 5.25. The number of rotatable bonds is 4. The third kappa shape index (κ3) is 3.60. The first-order chi connectivity index (χ1) is 8.25. The predicted molar refractivity (Wildman–Crippen MR) is 72.8 cm³/mol. The lowest BCUT2D eigenvalue weighted by atomic mass is 9.99. The molecule has 0 fully saturated rings. The molecule has 1 aromatic carbocycles. The van der Waals surface area contributed by atoms with Crippen LogP contribution in [0.4, 0.5) is 0 Å². The molecule has 1 aromatic rings. The number of hydrogen-bond acceptors (Lipinski definition) is 2. The second-order valence-corrected chi connectivity index (χ2v) is 4.88. The summed E-state index contributed by atoms with van der Waals surface area (Å²) < 4.78 is 0. The van der Waals surface area contributed by atoms with Gasteiger partial charge in [0.25, 0.3) is 0 Å². The van der Waals surface area contributed by atoms with Crippen LogP contribution in [0.15, 0.2) is 36.0 Å². The summed E-state index contributed by atoms with van der Waals surface area (Å²) in [4.78, 5) is 0. The Balaban J connectivity index is 1.75. The highest BCUT2D eigenvalue weighted by Crippen LogP contribution is 2.14. The van der Waals surface area contributed by atoms with E-state index in [-0.39, 0.29) is 0 Å². The second-order valence-electron chi connectivity index (χ2n) is 4.88. The van der Waals surface area contributed by atoms with Crippen molar-refractivity contribution >= 4 is 0 Å². The van der Waals surface area contributed by atoms with Crippen molar-refractivity contribution in [2.75, 3.05) is 6.54 Å². The molecule has 0 aliphatic heterocycles. The van der Waals surface area contributed by atoms with E-state index in [1.54, 1.807) is 0 Å². The summed E-state index contributed by atoms with van der Waals surface area (Å²) in [7, 11) is 0. The van der Waals surface area contributed by atoms with Crippen LogP contribution >= 0.6 is 0 Å². The quantitative estimate of drug-likeness (QED) is 0.834. The van der Waals surface area contributed by atoms with E-state index in [4.69, 9.17) is 5.73 Å². The maximum Gasteiger partial charge on any atom is 0.0106 e. The molecule has 0 aromatic heterocycles. The molecule has 0 spiro atoms. The first-order valence-corrected chi connectivity index (χ1v) is 6.48. The summed E-state index contributed by atoms with van der Waals surface area (Å²) >= 11 is 0. The van der Waals surface area contributed by atoms with E-state index in [9.17, 15) is 0 Å². The van der Waals surface area contributed by atoms with Crippen LogP contribution in [-0.4, -0.2) is 12.6 Å². The maximum atomic E-state index is 5.77. The van der Waals surface area contributed by atoms with Crippen molar-refractivity contribution in [1.29, 1.82) is 0 Å². The highest BCUT2D eigenvalue weighted by atomic mass is 14.9. The number of benzene rings is 1. The molecule has 0 amide bonds. The lowest BCUT2D eigenvalue weighted by Crippen LogP contribution is -2.32. The van der Waals surface area contributed by atoms with Crippen molar-refractivity contribution < 1.29 is 0 Å². The Morgan fingerprint density at radius 1 is 1.35 bits per heavy atom. The zero-order chi connectivity index (χ0) is 12.1. The van der Waals surface area contributed by atoms with Crippen LogP contribution in [0, 0.1) is 6.92 Å². The molecule has 1 aliphatic rings. The fourth-order valence-corrected chi connectivity index (χ4v) is 2.34. The summed E-state index contributed by atoms with van der Waals surface area (Å²) in [6, 6.07) is 9.23. The fourth-order valence-electron chi connectivity index (χ4n) is 2.34. The van der Waals surface area contributed by atoms with E-state index in [2.05, 4.69) is 42.6 Å². The number of nitrogens with one attached hydrogen (secondary N) is 1. The number of aryl methyl sites for hydroxylation is 1. The molecule has 0 saturated carbocycles. The monoisotopic (exact) mass is 230 g/mol. The molecule has 1 atom stereocenters. The Morgan fingerprint density at radius 2 is 2.18 bits per heavy atom. The van der Waals surface area contributed by atoms with Crippen LogP contribution in [0.25, 0.3) is 0 Å². The fraction of sp³-hybridized carbons (Fsp3) is 0.467. The minimum absolute atomic E-state index is 0.617. The Bertz CT molecular complexity index is 396. The maximum absolute atomic E-state index is 5.77. The smallest absolute Gasteiger partial charge is 0.0106 e. The Kier molecular flexibility index (Phi) is 4.21. The predicted octanol–water partition coefficient (Wildman–Crippen LogP) is 2.52. The van der Waals surface area contributed by atoms with Gasteiger partial charge in [0.2, 0.25) is 0 Å². The summed E-state index contributed by atoms with van der Waals surface area (Å²) in [5.74, 6) is 0. The molecule has 0 heterocycles. The minimum Gasteiger partial charge on any atom is -0.402 e. The normalized spacial score (nSPS) is 20.1. The van der Waals surface area contributed by atoms with Gasteiger partial charge in [-0.25, -0.2) is 0 Å². The van der Waals surface area contributed by atoms with Crippen LogP contribution in [0.5, 0.6) is 0 Å². The van der Waals surface area contributed by atoms with Gasteiger partial charge in [0.1, 0.15) is 0 Å². The molecule has 2 heteroatoms. The molecule has 2 rings (SSSR count). The van der Waals surface area contributed by atoms with Gasteiger partial charge in [-0.2, -0.15) is 0 Å². The Morgan fingerprint density at radius 3 is 2.88 bits per heavy atom. The molecule has 0 radical (unpaired) electrons. The summed E-state index contributed by atoms with van der Waals surface area (Å²) in [5, 5.41) is 3.62. The molecule has 92 valence electrons. The SMILES string of the molecule is Cc1ccccc1CCNC1CC=C(N)CC1. The van der Waals surface area contributed by atoms with Gasteiger partial charge in [-0.3, -0.25) is 0 Å². The molecular weight excluding hydrogens is 208 g/mol. The first kappa shape index (κ1) is 12.2. The molecule has 17 heavy (non-hydrogen) atoms. The van der Waals surface area contributed by atoms with Crippen molar-refractivity contribution in [3.63, 3.8) is 0 Å².